The van der Waals surface area contributed by atoms with Gasteiger partial charge in [0.25, 0.3) is 0 Å². The van der Waals surface area contributed by atoms with Gasteiger partial charge in [-0.15, -0.1) is 0 Å². The number of carboxylic acids is 1. The zero-order valence-electron chi connectivity index (χ0n) is 9.77. The van der Waals surface area contributed by atoms with E-state index in [9.17, 15) is 9.59 Å². The van der Waals surface area contributed by atoms with Crippen LogP contribution in [0.2, 0.25) is 0 Å². The number of rotatable bonds is 5. The maximum atomic E-state index is 11.6. The van der Waals surface area contributed by atoms with E-state index in [1.807, 2.05) is 0 Å². The maximum Gasteiger partial charge on any atom is 0.304 e. The van der Waals surface area contributed by atoms with Crippen LogP contribution in [0.1, 0.15) is 13.3 Å². The summed E-state index contributed by atoms with van der Waals surface area (Å²) in [5.41, 5.74) is 0.619. The number of hydrogen-bond donors (Lipinski definition) is 2. The molecule has 1 atom stereocenters. The van der Waals surface area contributed by atoms with Crippen LogP contribution in [0, 0.1) is 5.92 Å². The molecular weight excluding hydrogens is 222 g/mol. The summed E-state index contributed by atoms with van der Waals surface area (Å²) in [4.78, 5) is 22.1. The molecule has 0 aliphatic heterocycles. The van der Waals surface area contributed by atoms with Gasteiger partial charge in [-0.05, 0) is 24.3 Å². The highest BCUT2D eigenvalue weighted by atomic mass is 16.5. The topological polar surface area (TPSA) is 75.6 Å². The Morgan fingerprint density at radius 2 is 1.94 bits per heavy atom. The molecule has 5 heteroatoms. The fraction of sp³-hybridized carbons (Fsp3) is 0.333. The molecule has 5 nitrogen and oxygen atoms in total. The number of benzene rings is 1. The van der Waals surface area contributed by atoms with Crippen LogP contribution in [0.15, 0.2) is 24.3 Å². The summed E-state index contributed by atoms with van der Waals surface area (Å²) in [5, 5.41) is 11.2. The number of hydrogen-bond acceptors (Lipinski definition) is 3. The largest absolute Gasteiger partial charge is 0.497 e. The number of nitrogens with one attached hydrogen (secondary N) is 1. The van der Waals surface area contributed by atoms with Crippen molar-refractivity contribution in [2.75, 3.05) is 12.4 Å². The van der Waals surface area contributed by atoms with Crippen LogP contribution in [0.3, 0.4) is 0 Å². The standard InChI is InChI=1S/C12H15NO4/c1-8(7-11(14)15)12(16)13-9-3-5-10(17-2)6-4-9/h3-6,8H,7H2,1-2H3,(H,13,16)(H,14,15). The summed E-state index contributed by atoms with van der Waals surface area (Å²) in [7, 11) is 1.56. The van der Waals surface area contributed by atoms with E-state index >= 15 is 0 Å². The van der Waals surface area contributed by atoms with Gasteiger partial charge >= 0.3 is 5.97 Å². The van der Waals surface area contributed by atoms with E-state index in [4.69, 9.17) is 9.84 Å². The molecule has 1 unspecified atom stereocenters. The molecule has 1 rings (SSSR count). The second kappa shape index (κ2) is 5.89. The minimum atomic E-state index is -0.984. The second-order valence-corrected chi connectivity index (χ2v) is 3.72. The predicted molar refractivity (Wildman–Crippen MR) is 63.0 cm³/mol. The van der Waals surface area contributed by atoms with Crippen molar-refractivity contribution < 1.29 is 19.4 Å². The third-order valence-electron chi connectivity index (χ3n) is 2.29. The van der Waals surface area contributed by atoms with E-state index in [0.29, 0.717) is 11.4 Å². The van der Waals surface area contributed by atoms with E-state index in [2.05, 4.69) is 5.32 Å². The number of methoxy groups -OCH3 is 1. The number of carbonyl (C=O) groups is 2. The minimum Gasteiger partial charge on any atom is -0.497 e. The number of carbonyl (C=O) groups excluding carboxylic acids is 1. The van der Waals surface area contributed by atoms with Crippen molar-refractivity contribution in [3.8, 4) is 5.75 Å². The average molecular weight is 237 g/mol. The van der Waals surface area contributed by atoms with Crippen LogP contribution in [0.5, 0.6) is 5.75 Å². The fourth-order valence-corrected chi connectivity index (χ4v) is 1.29. The zero-order chi connectivity index (χ0) is 12.8. The van der Waals surface area contributed by atoms with Crippen LogP contribution in [-0.4, -0.2) is 24.1 Å². The molecule has 0 spiro atoms. The van der Waals surface area contributed by atoms with Gasteiger partial charge in [-0.1, -0.05) is 6.92 Å². The SMILES string of the molecule is COc1ccc(NC(=O)C(C)CC(=O)O)cc1. The van der Waals surface area contributed by atoms with Crippen LogP contribution in [0.4, 0.5) is 5.69 Å². The molecule has 0 saturated carbocycles. The molecule has 1 aromatic carbocycles. The molecule has 17 heavy (non-hydrogen) atoms. The quantitative estimate of drug-likeness (QED) is 0.818. The van der Waals surface area contributed by atoms with Crippen LogP contribution < -0.4 is 10.1 Å². The molecule has 0 bridgehead atoms. The molecule has 1 aromatic rings. The van der Waals surface area contributed by atoms with E-state index in [-0.39, 0.29) is 12.3 Å². The van der Waals surface area contributed by atoms with E-state index in [0.717, 1.165) is 0 Å². The highest BCUT2D eigenvalue weighted by Crippen LogP contribution is 2.16. The van der Waals surface area contributed by atoms with Gasteiger partial charge in [0.2, 0.25) is 5.91 Å². The Morgan fingerprint density at radius 1 is 1.35 bits per heavy atom. The summed E-state index contributed by atoms with van der Waals surface area (Å²) in [6.07, 6.45) is -0.179. The highest BCUT2D eigenvalue weighted by Gasteiger charge is 2.16. The molecule has 0 aromatic heterocycles. The molecule has 0 heterocycles. The lowest BCUT2D eigenvalue weighted by Crippen LogP contribution is -2.22. The van der Waals surface area contributed by atoms with Gasteiger partial charge in [0.05, 0.1) is 13.5 Å². The van der Waals surface area contributed by atoms with Gasteiger partial charge in [-0.25, -0.2) is 0 Å². The molecule has 1 amide bonds. The summed E-state index contributed by atoms with van der Waals surface area (Å²) in [5.74, 6) is -1.16. The Labute approximate surface area is 99.4 Å². The van der Waals surface area contributed by atoms with E-state index < -0.39 is 11.9 Å². The van der Waals surface area contributed by atoms with Crippen molar-refractivity contribution in [1.82, 2.24) is 0 Å². The monoisotopic (exact) mass is 237 g/mol. The van der Waals surface area contributed by atoms with Crippen molar-refractivity contribution >= 4 is 17.6 Å². The average Bonchev–Trinajstić information content (AvgIpc) is 2.29. The molecule has 0 fully saturated rings. The summed E-state index contributed by atoms with van der Waals surface area (Å²) in [6.45, 7) is 1.58. The van der Waals surface area contributed by atoms with Gasteiger partial charge in [0.1, 0.15) is 5.75 Å². The van der Waals surface area contributed by atoms with Gasteiger partial charge < -0.3 is 15.2 Å². The smallest absolute Gasteiger partial charge is 0.304 e. The molecule has 0 saturated heterocycles. The first-order chi connectivity index (χ1) is 8.02. The first-order valence-electron chi connectivity index (χ1n) is 5.19. The summed E-state index contributed by atoms with van der Waals surface area (Å²) < 4.78 is 4.98. The van der Waals surface area contributed by atoms with Crippen molar-refractivity contribution in [3.05, 3.63) is 24.3 Å². The Balaban J connectivity index is 2.58. The second-order valence-electron chi connectivity index (χ2n) is 3.72. The first-order valence-corrected chi connectivity index (χ1v) is 5.19. The molecule has 2 N–H and O–H groups in total. The van der Waals surface area contributed by atoms with E-state index in [1.54, 1.807) is 38.3 Å². The molecule has 0 aliphatic carbocycles. The summed E-state index contributed by atoms with van der Waals surface area (Å²) in [6, 6.07) is 6.84. The fourth-order valence-electron chi connectivity index (χ4n) is 1.29. The Kier molecular flexibility index (Phi) is 4.51. The lowest BCUT2D eigenvalue weighted by molar-refractivity contribution is -0.139. The zero-order valence-corrected chi connectivity index (χ0v) is 9.77. The number of anilines is 1. The van der Waals surface area contributed by atoms with Crippen LogP contribution in [-0.2, 0) is 9.59 Å². The minimum absolute atomic E-state index is 0.179. The van der Waals surface area contributed by atoms with Crippen molar-refractivity contribution in [3.63, 3.8) is 0 Å². The van der Waals surface area contributed by atoms with E-state index in [1.165, 1.54) is 0 Å². The van der Waals surface area contributed by atoms with Gasteiger partial charge in [0.15, 0.2) is 0 Å². The van der Waals surface area contributed by atoms with Crippen molar-refractivity contribution in [2.24, 2.45) is 5.92 Å². The van der Waals surface area contributed by atoms with Gasteiger partial charge in [0, 0.05) is 11.6 Å². The normalized spacial score (nSPS) is 11.6. The van der Waals surface area contributed by atoms with Crippen molar-refractivity contribution in [1.29, 1.82) is 0 Å². The Bertz CT molecular complexity index is 399. The Hall–Kier alpha value is -2.04. The molecule has 0 aliphatic rings. The summed E-state index contributed by atoms with van der Waals surface area (Å²) >= 11 is 0. The lowest BCUT2D eigenvalue weighted by Gasteiger charge is -2.10. The highest BCUT2D eigenvalue weighted by molar-refractivity contribution is 5.94. The van der Waals surface area contributed by atoms with Gasteiger partial charge in [-0.2, -0.15) is 0 Å². The molecule has 0 radical (unpaired) electrons. The third-order valence-corrected chi connectivity index (χ3v) is 2.29. The number of carboxylic acid groups (broad SMARTS) is 1. The number of aliphatic carboxylic acids is 1. The van der Waals surface area contributed by atoms with Crippen molar-refractivity contribution in [2.45, 2.75) is 13.3 Å². The Morgan fingerprint density at radius 3 is 2.41 bits per heavy atom. The third kappa shape index (κ3) is 4.14. The first kappa shape index (κ1) is 13.0. The molecule has 92 valence electrons. The lowest BCUT2D eigenvalue weighted by atomic mass is 10.1. The number of ether oxygens (including phenoxy) is 1. The molecular formula is C12H15NO4. The van der Waals surface area contributed by atoms with Crippen LogP contribution in [0.25, 0.3) is 0 Å². The maximum absolute atomic E-state index is 11.6. The predicted octanol–water partition coefficient (Wildman–Crippen LogP) is 1.74. The van der Waals surface area contributed by atoms with Crippen LogP contribution >= 0.6 is 0 Å². The number of amides is 1. The van der Waals surface area contributed by atoms with Gasteiger partial charge in [-0.3, -0.25) is 9.59 Å².